The predicted molar refractivity (Wildman–Crippen MR) is 133 cm³/mol. The van der Waals surface area contributed by atoms with E-state index in [0.717, 1.165) is 25.9 Å². The van der Waals surface area contributed by atoms with Crippen LogP contribution in [-0.2, 0) is 4.74 Å². The lowest BCUT2D eigenvalue weighted by molar-refractivity contribution is 0.122. The molecule has 2 aromatic heterocycles. The van der Waals surface area contributed by atoms with E-state index in [2.05, 4.69) is 32.4 Å². The monoisotopic (exact) mass is 485 g/mol. The number of aromatic nitrogens is 4. The first kappa shape index (κ1) is 23.9. The van der Waals surface area contributed by atoms with Gasteiger partial charge in [-0.15, -0.1) is 0 Å². The summed E-state index contributed by atoms with van der Waals surface area (Å²) in [4.78, 5) is 15.8. The molecule has 10 heteroatoms. The number of halogens is 2. The molecule has 1 aliphatic heterocycles. The average molecular weight is 486 g/mol. The van der Waals surface area contributed by atoms with E-state index in [-0.39, 0.29) is 5.82 Å². The number of anilines is 2. The number of hydrogen-bond donors (Lipinski definition) is 2. The third kappa shape index (κ3) is 5.38. The molecule has 3 aromatic rings. The first-order valence-electron chi connectivity index (χ1n) is 12.6. The number of hydrogen-bond acceptors (Lipinski definition) is 7. The van der Waals surface area contributed by atoms with Gasteiger partial charge in [0, 0.05) is 31.7 Å². The highest BCUT2D eigenvalue weighted by molar-refractivity contribution is 5.78. The molecule has 188 valence electrons. The number of para-hydroxylation sites is 2. The van der Waals surface area contributed by atoms with Crippen molar-refractivity contribution in [3.05, 3.63) is 36.2 Å². The molecule has 1 saturated heterocycles. The fourth-order valence-electron chi connectivity index (χ4n) is 5.10. The quantitative estimate of drug-likeness (QED) is 0.496. The number of ether oxygens (including phenoxy) is 1. The first-order valence-corrected chi connectivity index (χ1v) is 12.6. The molecule has 0 radical (unpaired) electrons. The Morgan fingerprint density at radius 2 is 1.77 bits per heavy atom. The number of imidazole rings is 1. The molecule has 8 nitrogen and oxygen atoms in total. The van der Waals surface area contributed by atoms with Crippen LogP contribution < -0.4 is 15.5 Å². The van der Waals surface area contributed by atoms with Gasteiger partial charge < -0.3 is 20.3 Å². The Balaban J connectivity index is 1.45. The van der Waals surface area contributed by atoms with Crippen LogP contribution in [0.2, 0.25) is 0 Å². The molecule has 2 fully saturated rings. The van der Waals surface area contributed by atoms with Gasteiger partial charge in [-0.05, 0) is 50.3 Å². The second kappa shape index (κ2) is 10.8. The molecule has 0 unspecified atom stereocenters. The van der Waals surface area contributed by atoms with Crippen LogP contribution in [-0.4, -0.2) is 65.0 Å². The van der Waals surface area contributed by atoms with Crippen molar-refractivity contribution in [1.29, 1.82) is 0 Å². The van der Waals surface area contributed by atoms with Crippen molar-refractivity contribution in [1.82, 2.24) is 24.8 Å². The molecular formula is C25H33F2N7O. The van der Waals surface area contributed by atoms with E-state index >= 15 is 0 Å². The van der Waals surface area contributed by atoms with E-state index < -0.39 is 6.43 Å². The van der Waals surface area contributed by atoms with Gasteiger partial charge in [-0.3, -0.25) is 4.57 Å². The number of nitrogens with zero attached hydrogens (tertiary/aromatic N) is 5. The number of morpholine rings is 1. The highest BCUT2D eigenvalue weighted by Crippen LogP contribution is 2.30. The summed E-state index contributed by atoms with van der Waals surface area (Å²) in [6, 6.07) is 9.53. The molecule has 2 N–H and O–H groups in total. The molecule has 5 rings (SSSR count). The lowest BCUT2D eigenvalue weighted by Gasteiger charge is -2.30. The molecule has 1 saturated carbocycles. The highest BCUT2D eigenvalue weighted by Gasteiger charge is 2.24. The third-order valence-corrected chi connectivity index (χ3v) is 6.93. The van der Waals surface area contributed by atoms with Crippen molar-refractivity contribution in [2.75, 3.05) is 49.6 Å². The maximum absolute atomic E-state index is 14.0. The smallest absolute Gasteiger partial charge is 0.296 e. The van der Waals surface area contributed by atoms with Gasteiger partial charge in [0.05, 0.1) is 24.2 Å². The molecule has 1 aliphatic carbocycles. The molecule has 0 amide bonds. The lowest BCUT2D eigenvalue weighted by atomic mass is 9.86. The lowest BCUT2D eigenvalue weighted by Crippen LogP contribution is -2.37. The summed E-state index contributed by atoms with van der Waals surface area (Å²) in [6.07, 6.45) is 1.88. The van der Waals surface area contributed by atoms with Crippen LogP contribution in [0.5, 0.6) is 0 Å². The fourth-order valence-corrected chi connectivity index (χ4v) is 5.10. The maximum atomic E-state index is 14.0. The van der Waals surface area contributed by atoms with Gasteiger partial charge in [0.1, 0.15) is 11.6 Å². The summed E-state index contributed by atoms with van der Waals surface area (Å²) >= 11 is 0. The summed E-state index contributed by atoms with van der Waals surface area (Å²) in [6.45, 7) is 6.50. The van der Waals surface area contributed by atoms with Gasteiger partial charge in [0.25, 0.3) is 6.43 Å². The van der Waals surface area contributed by atoms with Crippen molar-refractivity contribution in [2.45, 2.75) is 45.1 Å². The van der Waals surface area contributed by atoms with Gasteiger partial charge in [-0.2, -0.15) is 9.97 Å². The zero-order chi connectivity index (χ0) is 24.2. The van der Waals surface area contributed by atoms with E-state index in [1.54, 1.807) is 24.3 Å². The molecule has 1 aromatic carbocycles. The van der Waals surface area contributed by atoms with Crippen LogP contribution in [0, 0.1) is 5.92 Å². The summed E-state index contributed by atoms with van der Waals surface area (Å²) in [5.41, 5.74) is 1.11. The Hall–Kier alpha value is -2.85. The number of alkyl halides is 2. The van der Waals surface area contributed by atoms with E-state index in [0.29, 0.717) is 66.9 Å². The van der Waals surface area contributed by atoms with Crippen LogP contribution in [0.3, 0.4) is 0 Å². The Morgan fingerprint density at radius 3 is 2.51 bits per heavy atom. The van der Waals surface area contributed by atoms with Gasteiger partial charge in [-0.25, -0.2) is 13.8 Å². The predicted octanol–water partition coefficient (Wildman–Crippen LogP) is 4.17. The largest absolute Gasteiger partial charge is 0.378 e. The minimum Gasteiger partial charge on any atom is -0.378 e. The van der Waals surface area contributed by atoms with Crippen molar-refractivity contribution < 1.29 is 13.5 Å². The number of rotatable bonds is 8. The summed E-state index contributed by atoms with van der Waals surface area (Å²) in [5.74, 6) is 1.77. The molecule has 0 bridgehead atoms. The van der Waals surface area contributed by atoms with Gasteiger partial charge in [0.2, 0.25) is 5.95 Å². The zero-order valence-electron chi connectivity index (χ0n) is 20.1. The maximum Gasteiger partial charge on any atom is 0.296 e. The van der Waals surface area contributed by atoms with Gasteiger partial charge in [0.15, 0.2) is 5.82 Å². The van der Waals surface area contributed by atoms with Crippen molar-refractivity contribution in [3.63, 3.8) is 0 Å². The Bertz CT molecular complexity index is 1120. The Morgan fingerprint density at radius 1 is 1.03 bits per heavy atom. The van der Waals surface area contributed by atoms with Crippen LogP contribution in [0.25, 0.3) is 16.9 Å². The topological polar surface area (TPSA) is 80.1 Å². The average Bonchev–Trinajstić information content (AvgIpc) is 3.29. The Kier molecular flexibility index (Phi) is 7.38. The van der Waals surface area contributed by atoms with E-state index in [1.165, 1.54) is 17.4 Å². The van der Waals surface area contributed by atoms with Gasteiger partial charge >= 0.3 is 0 Å². The SMILES string of the molecule is CCNC1CCC(CNc2nc(N3CCOCC3)cc(-n3c(C(F)F)nc4ccccc43)n2)CC1. The van der Waals surface area contributed by atoms with Crippen LogP contribution >= 0.6 is 0 Å². The minimum atomic E-state index is -2.73. The molecule has 0 spiro atoms. The van der Waals surface area contributed by atoms with Crippen LogP contribution in [0.15, 0.2) is 30.3 Å². The third-order valence-electron chi connectivity index (χ3n) is 6.93. The summed E-state index contributed by atoms with van der Waals surface area (Å²) < 4.78 is 35.0. The standard InChI is InChI=1S/C25H33F2N7O/c1-2-28-18-9-7-17(8-10-18)16-29-25-31-21(33-11-13-35-14-12-33)15-22(32-25)34-20-6-4-3-5-19(20)30-24(34)23(26)27/h3-6,15,17-18,23,28H,2,7-14,16H2,1H3,(H,29,31,32). The second-order valence-electron chi connectivity index (χ2n) is 9.26. The van der Waals surface area contributed by atoms with E-state index in [4.69, 9.17) is 9.72 Å². The second-order valence-corrected chi connectivity index (χ2v) is 9.26. The summed E-state index contributed by atoms with van der Waals surface area (Å²) in [5, 5.41) is 6.96. The Labute approximate surface area is 204 Å². The molecule has 2 aliphatic rings. The normalized spacial score (nSPS) is 21.1. The molecule has 0 atom stereocenters. The number of benzene rings is 1. The van der Waals surface area contributed by atoms with Crippen molar-refractivity contribution in [2.24, 2.45) is 5.92 Å². The zero-order valence-corrected chi connectivity index (χ0v) is 20.1. The number of nitrogens with one attached hydrogen (secondary N) is 2. The van der Waals surface area contributed by atoms with E-state index in [9.17, 15) is 8.78 Å². The number of fused-ring (bicyclic) bond motifs is 1. The molecular weight excluding hydrogens is 452 g/mol. The van der Waals surface area contributed by atoms with Crippen LogP contribution in [0.4, 0.5) is 20.5 Å². The van der Waals surface area contributed by atoms with E-state index in [1.807, 2.05) is 6.07 Å². The minimum absolute atomic E-state index is 0.314. The van der Waals surface area contributed by atoms with Crippen molar-refractivity contribution in [3.8, 4) is 5.82 Å². The highest BCUT2D eigenvalue weighted by atomic mass is 19.3. The first-order chi connectivity index (χ1) is 17.1. The van der Waals surface area contributed by atoms with Crippen molar-refractivity contribution >= 4 is 22.8 Å². The molecule has 35 heavy (non-hydrogen) atoms. The van der Waals surface area contributed by atoms with Crippen LogP contribution in [0.1, 0.15) is 44.9 Å². The summed E-state index contributed by atoms with van der Waals surface area (Å²) in [7, 11) is 0. The fraction of sp³-hybridized carbons (Fsp3) is 0.560. The van der Waals surface area contributed by atoms with Gasteiger partial charge in [-0.1, -0.05) is 19.1 Å². The molecule has 3 heterocycles.